The molecule has 0 aliphatic carbocycles. The summed E-state index contributed by atoms with van der Waals surface area (Å²) in [6, 6.07) is 10.7. The summed E-state index contributed by atoms with van der Waals surface area (Å²) in [7, 11) is 0. The molecule has 1 unspecified atom stereocenters. The maximum atomic E-state index is 12.6. The molecule has 1 amide bonds. The van der Waals surface area contributed by atoms with E-state index in [1.54, 1.807) is 56.6 Å². The number of hydrogen-bond donors (Lipinski definition) is 1. The van der Waals surface area contributed by atoms with Gasteiger partial charge in [-0.05, 0) is 38.1 Å². The molecular weight excluding hydrogens is 308 g/mol. The van der Waals surface area contributed by atoms with Crippen LogP contribution >= 0.6 is 0 Å². The summed E-state index contributed by atoms with van der Waals surface area (Å²) in [5.41, 5.74) is -0.290. The molecule has 6 heteroatoms. The molecule has 1 fully saturated rings. The van der Waals surface area contributed by atoms with Crippen molar-refractivity contribution in [3.63, 3.8) is 0 Å². The van der Waals surface area contributed by atoms with Gasteiger partial charge in [0.15, 0.2) is 5.75 Å². The van der Waals surface area contributed by atoms with Gasteiger partial charge < -0.3 is 14.8 Å². The van der Waals surface area contributed by atoms with Crippen molar-refractivity contribution in [1.82, 2.24) is 4.98 Å². The van der Waals surface area contributed by atoms with Crippen LogP contribution in [-0.4, -0.2) is 22.5 Å². The van der Waals surface area contributed by atoms with Gasteiger partial charge in [0.05, 0.1) is 24.2 Å². The van der Waals surface area contributed by atoms with Crippen molar-refractivity contribution in [2.45, 2.75) is 25.9 Å². The number of esters is 1. The molecule has 0 spiro atoms. The van der Waals surface area contributed by atoms with Crippen molar-refractivity contribution in [3.8, 4) is 11.5 Å². The van der Waals surface area contributed by atoms with Crippen molar-refractivity contribution < 1.29 is 19.1 Å². The summed E-state index contributed by atoms with van der Waals surface area (Å²) < 4.78 is 11.0. The normalized spacial score (nSPS) is 18.8. The number of nitrogens with zero attached hydrogens (tertiary/aromatic N) is 1. The summed E-state index contributed by atoms with van der Waals surface area (Å²) in [6.45, 7) is 3.47. The minimum absolute atomic E-state index is 0.0739. The van der Waals surface area contributed by atoms with E-state index < -0.39 is 11.5 Å². The first-order valence-electron chi connectivity index (χ1n) is 7.65. The number of anilines is 1. The lowest BCUT2D eigenvalue weighted by molar-refractivity contribution is -0.147. The number of cyclic esters (lactones) is 1. The van der Waals surface area contributed by atoms with Crippen LogP contribution in [0, 0.1) is 5.92 Å². The van der Waals surface area contributed by atoms with Crippen LogP contribution in [0.4, 0.5) is 5.69 Å². The summed E-state index contributed by atoms with van der Waals surface area (Å²) in [5.74, 6) is -0.106. The zero-order valence-corrected chi connectivity index (χ0v) is 13.5. The molecule has 1 N–H and O–H groups in total. The van der Waals surface area contributed by atoms with Crippen LogP contribution in [0.5, 0.6) is 11.5 Å². The second-order valence-electron chi connectivity index (χ2n) is 6.11. The molecule has 0 bridgehead atoms. The van der Waals surface area contributed by atoms with Crippen molar-refractivity contribution in [2.75, 3.05) is 5.32 Å². The van der Waals surface area contributed by atoms with Crippen LogP contribution in [0.1, 0.15) is 20.3 Å². The van der Waals surface area contributed by atoms with E-state index in [9.17, 15) is 9.59 Å². The lowest BCUT2D eigenvalue weighted by Crippen LogP contribution is -2.36. The van der Waals surface area contributed by atoms with Crippen LogP contribution in [0.3, 0.4) is 0 Å². The van der Waals surface area contributed by atoms with E-state index >= 15 is 0 Å². The van der Waals surface area contributed by atoms with Crippen LogP contribution in [0.2, 0.25) is 0 Å². The van der Waals surface area contributed by atoms with Crippen LogP contribution in [0.15, 0.2) is 48.8 Å². The monoisotopic (exact) mass is 326 g/mol. The van der Waals surface area contributed by atoms with Gasteiger partial charge in [-0.1, -0.05) is 12.1 Å². The molecule has 0 saturated carbocycles. The predicted molar refractivity (Wildman–Crippen MR) is 87.7 cm³/mol. The Labute approximate surface area is 139 Å². The third-order valence-electron chi connectivity index (χ3n) is 3.91. The fraction of sp³-hybridized carbons (Fsp3) is 0.278. The highest BCUT2D eigenvalue weighted by atomic mass is 16.6. The van der Waals surface area contributed by atoms with Crippen LogP contribution in [0.25, 0.3) is 0 Å². The van der Waals surface area contributed by atoms with Gasteiger partial charge in [-0.15, -0.1) is 0 Å². The fourth-order valence-electron chi connectivity index (χ4n) is 2.64. The van der Waals surface area contributed by atoms with Gasteiger partial charge in [0.1, 0.15) is 11.4 Å². The molecule has 3 rings (SSSR count). The Morgan fingerprint density at radius 1 is 1.29 bits per heavy atom. The molecule has 1 aliphatic heterocycles. The molecule has 2 heterocycles. The molecule has 2 aromatic rings. The number of hydrogen-bond acceptors (Lipinski definition) is 5. The second-order valence-corrected chi connectivity index (χ2v) is 6.11. The summed E-state index contributed by atoms with van der Waals surface area (Å²) in [6.07, 6.45) is 3.31. The lowest BCUT2D eigenvalue weighted by atomic mass is 9.90. The SMILES string of the molecule is CC1(C)OC(=O)CC1C(=O)Nc1ccccc1Oc1cccnc1. The average molecular weight is 326 g/mol. The van der Waals surface area contributed by atoms with E-state index in [0.717, 1.165) is 0 Å². The minimum atomic E-state index is -0.819. The highest BCUT2D eigenvalue weighted by molar-refractivity contribution is 5.97. The Morgan fingerprint density at radius 2 is 2.08 bits per heavy atom. The topological polar surface area (TPSA) is 77.5 Å². The Kier molecular flexibility index (Phi) is 4.20. The molecule has 124 valence electrons. The maximum Gasteiger partial charge on any atom is 0.307 e. The highest BCUT2D eigenvalue weighted by Gasteiger charge is 2.46. The molecule has 1 saturated heterocycles. The number of nitrogens with one attached hydrogen (secondary N) is 1. The third kappa shape index (κ3) is 3.37. The number of para-hydroxylation sites is 2. The van der Waals surface area contributed by atoms with Gasteiger partial charge >= 0.3 is 5.97 Å². The zero-order chi connectivity index (χ0) is 17.2. The number of aromatic nitrogens is 1. The van der Waals surface area contributed by atoms with E-state index in [1.165, 1.54) is 0 Å². The molecule has 6 nitrogen and oxygen atoms in total. The van der Waals surface area contributed by atoms with Crippen molar-refractivity contribution in [1.29, 1.82) is 0 Å². The number of carbonyl (C=O) groups excluding carboxylic acids is 2. The first kappa shape index (κ1) is 16.0. The first-order chi connectivity index (χ1) is 11.5. The van der Waals surface area contributed by atoms with E-state index in [4.69, 9.17) is 9.47 Å². The molecule has 1 aromatic heterocycles. The standard InChI is InChI=1S/C18H18N2O4/c1-18(2)13(10-16(21)24-18)17(22)20-14-7-3-4-8-15(14)23-12-6-5-9-19-11-12/h3-9,11,13H,10H2,1-2H3,(H,20,22). The fourth-order valence-corrected chi connectivity index (χ4v) is 2.64. The quantitative estimate of drug-likeness (QED) is 0.873. The number of pyridine rings is 1. The molecule has 1 atom stereocenters. The van der Waals surface area contributed by atoms with Crippen molar-refractivity contribution >= 4 is 17.6 Å². The minimum Gasteiger partial charge on any atom is -0.459 e. The van der Waals surface area contributed by atoms with Gasteiger partial charge in [-0.25, -0.2) is 0 Å². The number of ether oxygens (including phenoxy) is 2. The smallest absolute Gasteiger partial charge is 0.307 e. The molecule has 1 aliphatic rings. The second kappa shape index (κ2) is 6.31. The van der Waals surface area contributed by atoms with Crippen LogP contribution < -0.4 is 10.1 Å². The zero-order valence-electron chi connectivity index (χ0n) is 13.5. The third-order valence-corrected chi connectivity index (χ3v) is 3.91. The number of benzene rings is 1. The van der Waals surface area contributed by atoms with E-state index in [0.29, 0.717) is 17.2 Å². The average Bonchev–Trinajstić information content (AvgIpc) is 2.83. The van der Waals surface area contributed by atoms with E-state index in [-0.39, 0.29) is 18.3 Å². The van der Waals surface area contributed by atoms with E-state index in [1.807, 2.05) is 6.07 Å². The molecule has 1 aromatic carbocycles. The summed E-state index contributed by atoms with van der Waals surface area (Å²) >= 11 is 0. The largest absolute Gasteiger partial charge is 0.459 e. The molecule has 24 heavy (non-hydrogen) atoms. The van der Waals surface area contributed by atoms with Crippen molar-refractivity contribution in [3.05, 3.63) is 48.8 Å². The van der Waals surface area contributed by atoms with E-state index in [2.05, 4.69) is 10.3 Å². The van der Waals surface area contributed by atoms with Gasteiger partial charge in [0.25, 0.3) is 0 Å². The van der Waals surface area contributed by atoms with Crippen LogP contribution in [-0.2, 0) is 14.3 Å². The van der Waals surface area contributed by atoms with Gasteiger partial charge in [-0.2, -0.15) is 0 Å². The Balaban J connectivity index is 1.78. The van der Waals surface area contributed by atoms with Gasteiger partial charge in [-0.3, -0.25) is 14.6 Å². The Morgan fingerprint density at radius 3 is 2.75 bits per heavy atom. The molecular formula is C18H18N2O4. The first-order valence-corrected chi connectivity index (χ1v) is 7.65. The number of carbonyl (C=O) groups is 2. The van der Waals surface area contributed by atoms with Gasteiger partial charge in [0, 0.05) is 6.20 Å². The predicted octanol–water partition coefficient (Wildman–Crippen LogP) is 3.15. The maximum absolute atomic E-state index is 12.6. The number of rotatable bonds is 4. The molecule has 0 radical (unpaired) electrons. The Hall–Kier alpha value is -2.89. The lowest BCUT2D eigenvalue weighted by Gasteiger charge is -2.24. The van der Waals surface area contributed by atoms with Crippen molar-refractivity contribution in [2.24, 2.45) is 5.92 Å². The highest BCUT2D eigenvalue weighted by Crippen LogP contribution is 2.35. The number of amides is 1. The Bertz CT molecular complexity index is 759. The summed E-state index contributed by atoms with van der Waals surface area (Å²) in [5, 5.41) is 2.83. The van der Waals surface area contributed by atoms with Gasteiger partial charge in [0.2, 0.25) is 5.91 Å². The summed E-state index contributed by atoms with van der Waals surface area (Å²) in [4.78, 5) is 28.1.